The molecule has 2 atom stereocenters. The van der Waals surface area contributed by atoms with Crippen molar-refractivity contribution in [3.8, 4) is 11.5 Å². The van der Waals surface area contributed by atoms with Crippen molar-refractivity contribution in [2.24, 2.45) is 4.99 Å². The molecule has 8 heteroatoms. The van der Waals surface area contributed by atoms with Crippen molar-refractivity contribution in [2.45, 2.75) is 25.5 Å². The molecule has 1 heterocycles. The SMILES string of the molecule is CN=C(NCC(C)Oc1cccc(OC)c1)NC1CCS(=O)(=O)C1. The number of hydrogen-bond donors (Lipinski definition) is 2. The monoisotopic (exact) mass is 355 g/mol. The van der Waals surface area contributed by atoms with Gasteiger partial charge in [0.05, 0.1) is 25.2 Å². The topological polar surface area (TPSA) is 89.0 Å². The maximum absolute atomic E-state index is 11.5. The van der Waals surface area contributed by atoms with Crippen LogP contribution in [0.15, 0.2) is 29.3 Å². The molecule has 0 aromatic heterocycles. The summed E-state index contributed by atoms with van der Waals surface area (Å²) in [7, 11) is 0.363. The number of nitrogens with one attached hydrogen (secondary N) is 2. The number of guanidine groups is 1. The van der Waals surface area contributed by atoms with Crippen LogP contribution in [0, 0.1) is 0 Å². The predicted octanol–water partition coefficient (Wildman–Crippen LogP) is 0.815. The number of benzene rings is 1. The molecule has 24 heavy (non-hydrogen) atoms. The number of ether oxygens (including phenoxy) is 2. The van der Waals surface area contributed by atoms with E-state index in [1.165, 1.54) is 0 Å². The highest BCUT2D eigenvalue weighted by atomic mass is 32.2. The third kappa shape index (κ3) is 5.59. The van der Waals surface area contributed by atoms with Crippen LogP contribution in [0.4, 0.5) is 0 Å². The highest BCUT2D eigenvalue weighted by Crippen LogP contribution is 2.19. The standard InChI is InChI=1S/C16H25N3O4S/c1-12(23-15-6-4-5-14(9-15)22-3)10-18-16(17-2)19-13-7-8-24(20,21)11-13/h4-6,9,12-13H,7-8,10-11H2,1-3H3,(H2,17,18,19). The highest BCUT2D eigenvalue weighted by molar-refractivity contribution is 7.91. The van der Waals surface area contributed by atoms with Crippen molar-refractivity contribution in [3.05, 3.63) is 24.3 Å². The van der Waals surface area contributed by atoms with Crippen LogP contribution in [-0.4, -0.2) is 58.7 Å². The Morgan fingerprint density at radius 1 is 1.42 bits per heavy atom. The van der Waals surface area contributed by atoms with Crippen molar-refractivity contribution >= 4 is 15.8 Å². The molecule has 1 saturated heterocycles. The molecule has 2 unspecified atom stereocenters. The van der Waals surface area contributed by atoms with Gasteiger partial charge in [-0.2, -0.15) is 0 Å². The molecule has 1 aromatic rings. The maximum Gasteiger partial charge on any atom is 0.191 e. The predicted molar refractivity (Wildman–Crippen MR) is 94.6 cm³/mol. The fourth-order valence-electron chi connectivity index (χ4n) is 2.49. The van der Waals surface area contributed by atoms with E-state index in [4.69, 9.17) is 9.47 Å². The van der Waals surface area contributed by atoms with Gasteiger partial charge in [-0.3, -0.25) is 4.99 Å². The van der Waals surface area contributed by atoms with E-state index in [9.17, 15) is 8.42 Å². The molecule has 0 radical (unpaired) electrons. The second-order valence-electron chi connectivity index (χ2n) is 5.80. The lowest BCUT2D eigenvalue weighted by atomic mass is 10.3. The summed E-state index contributed by atoms with van der Waals surface area (Å²) in [5, 5.41) is 6.30. The van der Waals surface area contributed by atoms with Crippen LogP contribution in [0.1, 0.15) is 13.3 Å². The normalized spacial score (nSPS) is 21.1. The first-order valence-electron chi connectivity index (χ1n) is 7.90. The minimum atomic E-state index is -2.91. The molecular formula is C16H25N3O4S. The van der Waals surface area contributed by atoms with Gasteiger partial charge in [-0.05, 0) is 25.5 Å². The lowest BCUT2D eigenvalue weighted by molar-refractivity contribution is 0.223. The molecular weight excluding hydrogens is 330 g/mol. The van der Waals surface area contributed by atoms with Crippen LogP contribution < -0.4 is 20.1 Å². The van der Waals surface area contributed by atoms with Crippen LogP contribution in [0.5, 0.6) is 11.5 Å². The number of rotatable bonds is 6. The molecule has 0 spiro atoms. The average molecular weight is 355 g/mol. The van der Waals surface area contributed by atoms with Gasteiger partial charge >= 0.3 is 0 Å². The molecule has 0 aliphatic carbocycles. The Morgan fingerprint density at radius 2 is 2.17 bits per heavy atom. The van der Waals surface area contributed by atoms with Crippen molar-refractivity contribution in [2.75, 3.05) is 32.2 Å². The molecule has 1 fully saturated rings. The third-order valence-corrected chi connectivity index (χ3v) is 5.50. The van der Waals surface area contributed by atoms with Gasteiger partial charge in [0, 0.05) is 19.2 Å². The first-order chi connectivity index (χ1) is 11.4. The molecule has 0 saturated carbocycles. The van der Waals surface area contributed by atoms with Gasteiger partial charge in [0.15, 0.2) is 15.8 Å². The van der Waals surface area contributed by atoms with E-state index in [1.807, 2.05) is 31.2 Å². The molecule has 1 aliphatic rings. The zero-order valence-electron chi connectivity index (χ0n) is 14.3. The van der Waals surface area contributed by atoms with Crippen LogP contribution >= 0.6 is 0 Å². The number of hydrogen-bond acceptors (Lipinski definition) is 5. The molecule has 0 bridgehead atoms. The Balaban J connectivity index is 1.80. The number of sulfone groups is 1. The largest absolute Gasteiger partial charge is 0.497 e. The lowest BCUT2D eigenvalue weighted by Crippen LogP contribution is -2.46. The van der Waals surface area contributed by atoms with Crippen LogP contribution in [0.3, 0.4) is 0 Å². The summed E-state index contributed by atoms with van der Waals surface area (Å²) in [5.41, 5.74) is 0. The average Bonchev–Trinajstić information content (AvgIpc) is 2.90. The van der Waals surface area contributed by atoms with E-state index in [-0.39, 0.29) is 23.7 Å². The second-order valence-corrected chi connectivity index (χ2v) is 8.03. The van der Waals surface area contributed by atoms with Crippen LogP contribution in [-0.2, 0) is 9.84 Å². The number of aliphatic imine (C=N–C) groups is 1. The maximum atomic E-state index is 11.5. The second kappa shape index (κ2) is 8.23. The fraction of sp³-hybridized carbons (Fsp3) is 0.562. The minimum absolute atomic E-state index is 0.0872. The van der Waals surface area contributed by atoms with Gasteiger partial charge in [-0.1, -0.05) is 6.07 Å². The van der Waals surface area contributed by atoms with Gasteiger partial charge in [-0.25, -0.2) is 8.42 Å². The Labute approximate surface area is 143 Å². The summed E-state index contributed by atoms with van der Waals surface area (Å²) in [6.07, 6.45) is 0.516. The van der Waals surface area contributed by atoms with Crippen LogP contribution in [0.25, 0.3) is 0 Å². The summed E-state index contributed by atoms with van der Waals surface area (Å²) in [6, 6.07) is 7.34. The van der Waals surface area contributed by atoms with Crippen molar-refractivity contribution in [3.63, 3.8) is 0 Å². The van der Waals surface area contributed by atoms with Gasteiger partial charge in [-0.15, -0.1) is 0 Å². The molecule has 1 aromatic carbocycles. The third-order valence-electron chi connectivity index (χ3n) is 3.73. The van der Waals surface area contributed by atoms with E-state index >= 15 is 0 Å². The Bertz CT molecular complexity index is 676. The molecule has 2 rings (SSSR count). The minimum Gasteiger partial charge on any atom is -0.497 e. The summed E-state index contributed by atoms with van der Waals surface area (Å²) < 4.78 is 34.0. The molecule has 7 nitrogen and oxygen atoms in total. The lowest BCUT2D eigenvalue weighted by Gasteiger charge is -2.20. The van der Waals surface area contributed by atoms with E-state index < -0.39 is 9.84 Å². The Morgan fingerprint density at radius 3 is 2.79 bits per heavy atom. The molecule has 0 amide bonds. The fourth-order valence-corrected chi connectivity index (χ4v) is 4.16. The van der Waals surface area contributed by atoms with Crippen molar-refractivity contribution in [1.29, 1.82) is 0 Å². The van der Waals surface area contributed by atoms with Gasteiger partial charge in [0.1, 0.15) is 17.6 Å². The summed E-state index contributed by atoms with van der Waals surface area (Å²) in [4.78, 5) is 4.13. The van der Waals surface area contributed by atoms with Crippen molar-refractivity contribution in [1.82, 2.24) is 10.6 Å². The quantitative estimate of drug-likeness (QED) is 0.580. The van der Waals surface area contributed by atoms with E-state index in [0.717, 1.165) is 11.5 Å². The first kappa shape index (κ1) is 18.4. The Hall–Kier alpha value is -1.96. The van der Waals surface area contributed by atoms with Crippen LogP contribution in [0.2, 0.25) is 0 Å². The van der Waals surface area contributed by atoms with E-state index in [2.05, 4.69) is 15.6 Å². The van der Waals surface area contributed by atoms with Gasteiger partial charge < -0.3 is 20.1 Å². The smallest absolute Gasteiger partial charge is 0.191 e. The number of methoxy groups -OCH3 is 1. The van der Waals surface area contributed by atoms with Crippen molar-refractivity contribution < 1.29 is 17.9 Å². The van der Waals surface area contributed by atoms with Gasteiger partial charge in [0.25, 0.3) is 0 Å². The molecule has 1 aliphatic heterocycles. The summed E-state index contributed by atoms with van der Waals surface area (Å²) in [6.45, 7) is 2.48. The number of nitrogens with zero attached hydrogens (tertiary/aromatic N) is 1. The summed E-state index contributed by atoms with van der Waals surface area (Å²) >= 11 is 0. The Kier molecular flexibility index (Phi) is 6.30. The molecule has 2 N–H and O–H groups in total. The van der Waals surface area contributed by atoms with E-state index in [1.54, 1.807) is 14.2 Å². The highest BCUT2D eigenvalue weighted by Gasteiger charge is 2.28. The van der Waals surface area contributed by atoms with Gasteiger partial charge in [0.2, 0.25) is 0 Å². The van der Waals surface area contributed by atoms with E-state index in [0.29, 0.717) is 18.9 Å². The summed E-state index contributed by atoms with van der Waals surface area (Å²) in [5.74, 6) is 2.44. The first-order valence-corrected chi connectivity index (χ1v) is 9.72. The zero-order valence-corrected chi connectivity index (χ0v) is 15.1. The zero-order chi connectivity index (χ0) is 17.6. The molecule has 134 valence electrons.